The fraction of sp³-hybridized carbons (Fsp3) is 0.429. The Labute approximate surface area is 112 Å². The zero-order chi connectivity index (χ0) is 14.0. The third kappa shape index (κ3) is 2.46. The number of anilines is 1. The maximum Gasteiger partial charge on any atom is 0.260 e. The Bertz CT molecular complexity index is 513. The Morgan fingerprint density at radius 2 is 2.11 bits per heavy atom. The second kappa shape index (κ2) is 5.40. The van der Waals surface area contributed by atoms with Gasteiger partial charge in [-0.2, -0.15) is 0 Å². The van der Waals surface area contributed by atoms with E-state index >= 15 is 0 Å². The molecule has 0 aliphatic carbocycles. The minimum Gasteiger partial charge on any atom is -0.399 e. The van der Waals surface area contributed by atoms with Crippen molar-refractivity contribution in [2.75, 3.05) is 26.0 Å². The van der Waals surface area contributed by atoms with Gasteiger partial charge in [-0.05, 0) is 31.0 Å². The number of rotatable bonds is 4. The first-order valence-corrected chi connectivity index (χ1v) is 6.30. The van der Waals surface area contributed by atoms with E-state index in [-0.39, 0.29) is 17.7 Å². The standard InChI is InChI=1S/C14H18N2O3/c1-9-11-5-4-10(15)8-12(11)14(18)16(13(9)17)6-3-7-19-2/h4-5,8-9H,3,6-7,15H2,1-2H3. The summed E-state index contributed by atoms with van der Waals surface area (Å²) in [5, 5.41) is 0. The maximum absolute atomic E-state index is 12.3. The van der Waals surface area contributed by atoms with Gasteiger partial charge < -0.3 is 10.5 Å². The summed E-state index contributed by atoms with van der Waals surface area (Å²) in [5.41, 5.74) is 7.54. The molecule has 2 amide bonds. The molecule has 1 unspecified atom stereocenters. The largest absolute Gasteiger partial charge is 0.399 e. The van der Waals surface area contributed by atoms with Crippen LogP contribution in [0.3, 0.4) is 0 Å². The maximum atomic E-state index is 12.3. The number of nitrogen functional groups attached to an aromatic ring is 1. The van der Waals surface area contributed by atoms with Crippen LogP contribution < -0.4 is 5.73 Å². The first kappa shape index (κ1) is 13.5. The molecule has 2 N–H and O–H groups in total. The molecule has 5 nitrogen and oxygen atoms in total. The van der Waals surface area contributed by atoms with Gasteiger partial charge in [-0.1, -0.05) is 6.07 Å². The predicted octanol–water partition coefficient (Wildman–Crippen LogP) is 1.39. The van der Waals surface area contributed by atoms with Gasteiger partial charge in [-0.15, -0.1) is 0 Å². The molecule has 1 aromatic carbocycles. The summed E-state index contributed by atoms with van der Waals surface area (Å²) in [6.45, 7) is 2.71. The quantitative estimate of drug-likeness (QED) is 0.505. The number of imide groups is 1. The molecule has 1 aliphatic heterocycles. The summed E-state index contributed by atoms with van der Waals surface area (Å²) in [6, 6.07) is 5.12. The third-order valence-corrected chi connectivity index (χ3v) is 3.39. The molecule has 19 heavy (non-hydrogen) atoms. The number of ether oxygens (including phenoxy) is 1. The van der Waals surface area contributed by atoms with Gasteiger partial charge in [0.05, 0.1) is 5.92 Å². The minimum absolute atomic E-state index is 0.154. The van der Waals surface area contributed by atoms with Crippen LogP contribution in [-0.2, 0) is 9.53 Å². The highest BCUT2D eigenvalue weighted by atomic mass is 16.5. The lowest BCUT2D eigenvalue weighted by molar-refractivity contribution is -0.130. The molecule has 0 aromatic heterocycles. The molecule has 1 atom stereocenters. The van der Waals surface area contributed by atoms with E-state index < -0.39 is 0 Å². The zero-order valence-electron chi connectivity index (χ0n) is 11.2. The fourth-order valence-electron chi connectivity index (χ4n) is 2.33. The summed E-state index contributed by atoms with van der Waals surface area (Å²) < 4.78 is 4.95. The van der Waals surface area contributed by atoms with E-state index in [1.165, 1.54) is 4.90 Å². The van der Waals surface area contributed by atoms with Crippen molar-refractivity contribution >= 4 is 17.5 Å². The van der Waals surface area contributed by atoms with Gasteiger partial charge in [0.1, 0.15) is 0 Å². The Morgan fingerprint density at radius 1 is 1.37 bits per heavy atom. The van der Waals surface area contributed by atoms with Crippen LogP contribution in [0.2, 0.25) is 0 Å². The number of nitrogens with zero attached hydrogens (tertiary/aromatic N) is 1. The van der Waals surface area contributed by atoms with E-state index in [1.807, 2.05) is 6.92 Å². The number of fused-ring (bicyclic) bond motifs is 1. The van der Waals surface area contributed by atoms with Crippen molar-refractivity contribution in [3.63, 3.8) is 0 Å². The molecule has 0 spiro atoms. The number of methoxy groups -OCH3 is 1. The third-order valence-electron chi connectivity index (χ3n) is 3.39. The second-order valence-corrected chi connectivity index (χ2v) is 4.71. The van der Waals surface area contributed by atoms with Crippen LogP contribution in [0.15, 0.2) is 18.2 Å². The van der Waals surface area contributed by atoms with Crippen LogP contribution in [0.25, 0.3) is 0 Å². The highest BCUT2D eigenvalue weighted by molar-refractivity contribution is 6.11. The van der Waals surface area contributed by atoms with E-state index in [0.29, 0.717) is 30.8 Å². The Balaban J connectivity index is 2.30. The number of carbonyl (C=O) groups excluding carboxylic acids is 2. The molecule has 5 heteroatoms. The first-order chi connectivity index (χ1) is 9.06. The lowest BCUT2D eigenvalue weighted by Gasteiger charge is -2.31. The van der Waals surface area contributed by atoms with Crippen molar-refractivity contribution in [2.24, 2.45) is 0 Å². The SMILES string of the molecule is COCCCN1C(=O)c2cc(N)ccc2C(C)C1=O. The normalized spacial score (nSPS) is 18.6. The van der Waals surface area contributed by atoms with Crippen molar-refractivity contribution in [3.8, 4) is 0 Å². The van der Waals surface area contributed by atoms with E-state index in [2.05, 4.69) is 0 Å². The second-order valence-electron chi connectivity index (χ2n) is 4.71. The van der Waals surface area contributed by atoms with Crippen molar-refractivity contribution in [2.45, 2.75) is 19.3 Å². The number of hydrogen-bond donors (Lipinski definition) is 1. The van der Waals surface area contributed by atoms with E-state index in [4.69, 9.17) is 10.5 Å². The molecule has 0 saturated heterocycles. The van der Waals surface area contributed by atoms with Gasteiger partial charge in [-0.3, -0.25) is 14.5 Å². The molecule has 1 aliphatic rings. The van der Waals surface area contributed by atoms with Crippen LogP contribution in [0.1, 0.15) is 35.2 Å². The number of nitrogens with two attached hydrogens (primary N) is 1. The zero-order valence-corrected chi connectivity index (χ0v) is 11.2. The average molecular weight is 262 g/mol. The molecule has 2 rings (SSSR count). The molecule has 1 aromatic rings. The Morgan fingerprint density at radius 3 is 2.79 bits per heavy atom. The van der Waals surface area contributed by atoms with Crippen molar-refractivity contribution in [1.82, 2.24) is 4.90 Å². The topological polar surface area (TPSA) is 72.6 Å². The van der Waals surface area contributed by atoms with E-state index in [1.54, 1.807) is 25.3 Å². The highest BCUT2D eigenvalue weighted by Crippen LogP contribution is 2.30. The van der Waals surface area contributed by atoms with E-state index in [0.717, 1.165) is 5.56 Å². The van der Waals surface area contributed by atoms with Crippen LogP contribution >= 0.6 is 0 Å². The van der Waals surface area contributed by atoms with Crippen LogP contribution in [0.5, 0.6) is 0 Å². The van der Waals surface area contributed by atoms with Gasteiger partial charge >= 0.3 is 0 Å². The van der Waals surface area contributed by atoms with Crippen LogP contribution in [0, 0.1) is 0 Å². The molecule has 0 bridgehead atoms. The van der Waals surface area contributed by atoms with Gasteiger partial charge in [0, 0.05) is 31.5 Å². The molecule has 0 saturated carbocycles. The van der Waals surface area contributed by atoms with Gasteiger partial charge in [0.25, 0.3) is 5.91 Å². The predicted molar refractivity (Wildman–Crippen MR) is 71.8 cm³/mol. The lowest BCUT2D eigenvalue weighted by atomic mass is 9.89. The van der Waals surface area contributed by atoms with Gasteiger partial charge in [0.2, 0.25) is 5.91 Å². The van der Waals surface area contributed by atoms with Gasteiger partial charge in [0.15, 0.2) is 0 Å². The fourth-order valence-corrected chi connectivity index (χ4v) is 2.33. The number of benzene rings is 1. The molecule has 1 heterocycles. The number of hydrogen-bond acceptors (Lipinski definition) is 4. The smallest absolute Gasteiger partial charge is 0.260 e. The van der Waals surface area contributed by atoms with E-state index in [9.17, 15) is 9.59 Å². The van der Waals surface area contributed by atoms with Crippen molar-refractivity contribution in [1.29, 1.82) is 0 Å². The summed E-state index contributed by atoms with van der Waals surface area (Å²) in [7, 11) is 1.60. The Kier molecular flexibility index (Phi) is 3.85. The monoisotopic (exact) mass is 262 g/mol. The molecule has 0 fully saturated rings. The molecular formula is C14H18N2O3. The van der Waals surface area contributed by atoms with Gasteiger partial charge in [-0.25, -0.2) is 0 Å². The summed E-state index contributed by atoms with van der Waals surface area (Å²) in [5.74, 6) is -0.726. The molecule has 102 valence electrons. The van der Waals surface area contributed by atoms with Crippen LogP contribution in [-0.4, -0.2) is 37.0 Å². The average Bonchev–Trinajstić information content (AvgIpc) is 2.40. The molecular weight excluding hydrogens is 244 g/mol. The Hall–Kier alpha value is -1.88. The lowest BCUT2D eigenvalue weighted by Crippen LogP contribution is -2.44. The minimum atomic E-state index is -0.309. The number of carbonyl (C=O) groups is 2. The summed E-state index contributed by atoms with van der Waals surface area (Å²) in [6.07, 6.45) is 0.637. The van der Waals surface area contributed by atoms with Crippen LogP contribution in [0.4, 0.5) is 5.69 Å². The summed E-state index contributed by atoms with van der Waals surface area (Å²) in [4.78, 5) is 25.8. The first-order valence-electron chi connectivity index (χ1n) is 6.30. The summed E-state index contributed by atoms with van der Waals surface area (Å²) >= 11 is 0. The van der Waals surface area contributed by atoms with Crippen molar-refractivity contribution < 1.29 is 14.3 Å². The highest BCUT2D eigenvalue weighted by Gasteiger charge is 2.35. The van der Waals surface area contributed by atoms with Crippen molar-refractivity contribution in [3.05, 3.63) is 29.3 Å². The number of amides is 2. The molecule has 0 radical (unpaired) electrons.